The Balaban J connectivity index is 1.55. The van der Waals surface area contributed by atoms with E-state index in [-0.39, 0.29) is 24.0 Å². The van der Waals surface area contributed by atoms with E-state index in [0.29, 0.717) is 13.1 Å². The number of hydrogen-bond acceptors (Lipinski definition) is 3. The molecule has 1 aromatic carbocycles. The molecule has 1 heterocycles. The van der Waals surface area contributed by atoms with E-state index in [0.717, 1.165) is 25.8 Å². The van der Waals surface area contributed by atoms with Gasteiger partial charge >= 0.3 is 0 Å². The number of benzene rings is 1. The molecule has 1 amide bonds. The highest BCUT2D eigenvalue weighted by atomic mass is 16.3. The number of likely N-dealkylation sites (tertiary alicyclic amines) is 1. The Bertz CT molecular complexity index is 459. The minimum absolute atomic E-state index is 0.186. The minimum atomic E-state index is -0.276. The van der Waals surface area contributed by atoms with Crippen LogP contribution in [0.25, 0.3) is 0 Å². The van der Waals surface area contributed by atoms with Crippen molar-refractivity contribution in [2.45, 2.75) is 38.0 Å². The van der Waals surface area contributed by atoms with Crippen LogP contribution in [0.15, 0.2) is 30.3 Å². The lowest BCUT2D eigenvalue weighted by Gasteiger charge is -2.24. The molecule has 4 heteroatoms. The molecule has 1 saturated carbocycles. The average Bonchev–Trinajstić information content (AvgIpc) is 3.23. The Morgan fingerprint density at radius 1 is 1.30 bits per heavy atom. The molecule has 0 aromatic heterocycles. The monoisotopic (exact) mass is 274 g/mol. The smallest absolute Gasteiger partial charge is 0.223 e. The van der Waals surface area contributed by atoms with Gasteiger partial charge in [0.1, 0.15) is 0 Å². The molecule has 2 fully saturated rings. The van der Waals surface area contributed by atoms with Gasteiger partial charge < -0.3 is 10.4 Å². The molecule has 3 rings (SSSR count). The normalized spacial score (nSPS) is 26.6. The Morgan fingerprint density at radius 3 is 2.75 bits per heavy atom. The Hall–Kier alpha value is -1.39. The van der Waals surface area contributed by atoms with Gasteiger partial charge in [-0.1, -0.05) is 30.3 Å². The second-order valence-corrected chi connectivity index (χ2v) is 5.98. The Labute approximate surface area is 119 Å². The predicted molar refractivity (Wildman–Crippen MR) is 77.0 cm³/mol. The van der Waals surface area contributed by atoms with Crippen LogP contribution in [0.5, 0.6) is 0 Å². The maximum Gasteiger partial charge on any atom is 0.223 e. The van der Waals surface area contributed by atoms with Crippen LogP contribution in [-0.4, -0.2) is 41.1 Å². The fourth-order valence-electron chi connectivity index (χ4n) is 2.89. The van der Waals surface area contributed by atoms with Crippen LogP contribution in [0, 0.1) is 5.92 Å². The van der Waals surface area contributed by atoms with Crippen molar-refractivity contribution < 1.29 is 9.90 Å². The van der Waals surface area contributed by atoms with Crippen molar-refractivity contribution >= 4 is 5.91 Å². The molecule has 4 nitrogen and oxygen atoms in total. The highest BCUT2D eigenvalue weighted by Gasteiger charge is 2.33. The van der Waals surface area contributed by atoms with Crippen molar-refractivity contribution in [2.24, 2.45) is 5.92 Å². The fraction of sp³-hybridized carbons (Fsp3) is 0.562. The summed E-state index contributed by atoms with van der Waals surface area (Å²) in [7, 11) is 0. The first-order valence-corrected chi connectivity index (χ1v) is 7.46. The largest absolute Gasteiger partial charge is 0.392 e. The molecule has 1 aromatic rings. The number of hydrogen-bond donors (Lipinski definition) is 2. The molecule has 1 aliphatic heterocycles. The zero-order chi connectivity index (χ0) is 13.9. The first-order chi connectivity index (χ1) is 9.72. The van der Waals surface area contributed by atoms with E-state index >= 15 is 0 Å². The molecule has 2 atom stereocenters. The van der Waals surface area contributed by atoms with Crippen molar-refractivity contribution in [1.82, 2.24) is 10.2 Å². The number of amides is 1. The van der Waals surface area contributed by atoms with Gasteiger partial charge in [0.15, 0.2) is 0 Å². The topological polar surface area (TPSA) is 52.6 Å². The zero-order valence-electron chi connectivity index (χ0n) is 11.7. The molecule has 1 saturated heterocycles. The highest BCUT2D eigenvalue weighted by Crippen LogP contribution is 2.29. The molecule has 2 aliphatic rings. The third-order valence-electron chi connectivity index (χ3n) is 4.19. The van der Waals surface area contributed by atoms with Gasteiger partial charge in [0.25, 0.3) is 0 Å². The minimum Gasteiger partial charge on any atom is -0.392 e. The van der Waals surface area contributed by atoms with Crippen LogP contribution in [-0.2, 0) is 11.3 Å². The summed E-state index contributed by atoms with van der Waals surface area (Å²) in [6.45, 7) is 2.18. The zero-order valence-corrected chi connectivity index (χ0v) is 11.7. The van der Waals surface area contributed by atoms with Gasteiger partial charge in [-0.25, -0.2) is 0 Å². The third-order valence-corrected chi connectivity index (χ3v) is 4.19. The summed E-state index contributed by atoms with van der Waals surface area (Å²) in [5, 5.41) is 12.9. The highest BCUT2D eigenvalue weighted by molar-refractivity contribution is 5.80. The third kappa shape index (κ3) is 3.38. The lowest BCUT2D eigenvalue weighted by Crippen LogP contribution is -2.40. The molecule has 2 unspecified atom stereocenters. The van der Waals surface area contributed by atoms with Crippen molar-refractivity contribution in [2.75, 3.05) is 13.1 Å². The van der Waals surface area contributed by atoms with E-state index in [2.05, 4.69) is 22.3 Å². The quantitative estimate of drug-likeness (QED) is 0.847. The first kappa shape index (κ1) is 13.6. The van der Waals surface area contributed by atoms with E-state index < -0.39 is 0 Å². The van der Waals surface area contributed by atoms with Gasteiger partial charge in [-0.05, 0) is 24.8 Å². The summed E-state index contributed by atoms with van der Waals surface area (Å²) in [5.41, 5.74) is 1.25. The number of carbonyl (C=O) groups is 1. The van der Waals surface area contributed by atoms with Crippen LogP contribution in [0.1, 0.15) is 24.8 Å². The summed E-state index contributed by atoms with van der Waals surface area (Å²) >= 11 is 0. The van der Waals surface area contributed by atoms with Gasteiger partial charge in [-0.15, -0.1) is 0 Å². The maximum atomic E-state index is 11.7. The number of rotatable bonds is 5. The van der Waals surface area contributed by atoms with Crippen LogP contribution in [0.2, 0.25) is 0 Å². The van der Waals surface area contributed by atoms with Crippen molar-refractivity contribution in [3.05, 3.63) is 35.9 Å². The van der Waals surface area contributed by atoms with Crippen molar-refractivity contribution in [3.8, 4) is 0 Å². The van der Waals surface area contributed by atoms with Gasteiger partial charge in [-0.2, -0.15) is 0 Å². The second-order valence-electron chi connectivity index (χ2n) is 5.98. The standard InChI is InChI=1S/C16H22N2O2/c19-15-8-14(9-17-16(20)13-6-7-13)18(11-15)10-12-4-2-1-3-5-12/h1-5,13-15,19H,6-11H2,(H,17,20). The lowest BCUT2D eigenvalue weighted by atomic mass is 10.1. The van der Waals surface area contributed by atoms with E-state index in [4.69, 9.17) is 0 Å². The average molecular weight is 274 g/mol. The molecular formula is C16H22N2O2. The number of β-amino-alcohol motifs (C(OH)–C–C–N with tert-alkyl or cyclic N) is 1. The summed E-state index contributed by atoms with van der Waals surface area (Å²) in [6, 6.07) is 10.5. The molecule has 0 spiro atoms. The SMILES string of the molecule is O=C(NCC1CC(O)CN1Cc1ccccc1)C1CC1. The number of carbonyl (C=O) groups excluding carboxylic acids is 1. The van der Waals surface area contributed by atoms with Crippen molar-refractivity contribution in [3.63, 3.8) is 0 Å². The summed E-state index contributed by atoms with van der Waals surface area (Å²) in [5.74, 6) is 0.440. The Kier molecular flexibility index (Phi) is 4.03. The van der Waals surface area contributed by atoms with E-state index in [9.17, 15) is 9.90 Å². The molecule has 0 bridgehead atoms. The van der Waals surface area contributed by atoms with Crippen LogP contribution < -0.4 is 5.32 Å². The summed E-state index contributed by atoms with van der Waals surface area (Å²) in [6.07, 6.45) is 2.54. The van der Waals surface area contributed by atoms with Crippen LogP contribution >= 0.6 is 0 Å². The predicted octanol–water partition coefficient (Wildman–Crippen LogP) is 1.15. The van der Waals surface area contributed by atoms with Gasteiger partial charge in [0, 0.05) is 31.6 Å². The Morgan fingerprint density at radius 2 is 2.05 bits per heavy atom. The fourth-order valence-corrected chi connectivity index (χ4v) is 2.89. The first-order valence-electron chi connectivity index (χ1n) is 7.46. The lowest BCUT2D eigenvalue weighted by molar-refractivity contribution is -0.122. The number of aliphatic hydroxyl groups excluding tert-OH is 1. The second kappa shape index (κ2) is 5.94. The summed E-state index contributed by atoms with van der Waals surface area (Å²) in [4.78, 5) is 14.0. The van der Waals surface area contributed by atoms with E-state index in [1.807, 2.05) is 18.2 Å². The number of aliphatic hydroxyl groups is 1. The molecule has 0 radical (unpaired) electrons. The number of nitrogens with zero attached hydrogens (tertiary/aromatic N) is 1. The van der Waals surface area contributed by atoms with Gasteiger partial charge in [0.05, 0.1) is 6.10 Å². The van der Waals surface area contributed by atoms with Gasteiger partial charge in [-0.3, -0.25) is 9.69 Å². The van der Waals surface area contributed by atoms with Crippen molar-refractivity contribution in [1.29, 1.82) is 0 Å². The molecule has 1 aliphatic carbocycles. The number of nitrogens with one attached hydrogen (secondary N) is 1. The van der Waals surface area contributed by atoms with Crippen LogP contribution in [0.4, 0.5) is 0 Å². The maximum absolute atomic E-state index is 11.7. The molecule has 108 valence electrons. The van der Waals surface area contributed by atoms with Gasteiger partial charge in [0.2, 0.25) is 5.91 Å². The molecule has 2 N–H and O–H groups in total. The van der Waals surface area contributed by atoms with E-state index in [1.165, 1.54) is 5.56 Å². The summed E-state index contributed by atoms with van der Waals surface area (Å²) < 4.78 is 0. The molecule has 20 heavy (non-hydrogen) atoms. The van der Waals surface area contributed by atoms with E-state index in [1.54, 1.807) is 0 Å². The van der Waals surface area contributed by atoms with Crippen LogP contribution in [0.3, 0.4) is 0 Å². The molecular weight excluding hydrogens is 252 g/mol.